The molecule has 3 rings (SSSR count). The highest BCUT2D eigenvalue weighted by molar-refractivity contribution is 5.39. The summed E-state index contributed by atoms with van der Waals surface area (Å²) in [6.07, 6.45) is 2.97. The van der Waals surface area contributed by atoms with Crippen molar-refractivity contribution in [2.45, 2.75) is 32.5 Å². The van der Waals surface area contributed by atoms with E-state index in [0.717, 1.165) is 25.3 Å². The largest absolute Gasteiger partial charge is 0.491 e. The van der Waals surface area contributed by atoms with Crippen molar-refractivity contribution in [2.75, 3.05) is 6.61 Å². The predicted molar refractivity (Wildman–Crippen MR) is 74.0 cm³/mol. The van der Waals surface area contributed by atoms with Crippen LogP contribution < -0.4 is 10.1 Å². The van der Waals surface area contributed by atoms with Crippen molar-refractivity contribution in [3.63, 3.8) is 0 Å². The van der Waals surface area contributed by atoms with Crippen molar-refractivity contribution in [3.05, 3.63) is 47.8 Å². The molecular formula is C15H19N3O. The van der Waals surface area contributed by atoms with Crippen LogP contribution in [0.3, 0.4) is 0 Å². The number of nitrogens with zero attached hydrogens (tertiary/aromatic N) is 2. The smallest absolute Gasteiger partial charge is 0.124 e. The van der Waals surface area contributed by atoms with Crippen LogP contribution >= 0.6 is 0 Å². The van der Waals surface area contributed by atoms with Gasteiger partial charge in [0, 0.05) is 24.8 Å². The van der Waals surface area contributed by atoms with Crippen molar-refractivity contribution < 1.29 is 4.74 Å². The Bertz CT molecular complexity index is 550. The number of hydrogen-bond acceptors (Lipinski definition) is 3. The number of ether oxygens (including phenoxy) is 1. The summed E-state index contributed by atoms with van der Waals surface area (Å²) in [5, 5.41) is 7.89. The lowest BCUT2D eigenvalue weighted by Gasteiger charge is -2.12. The standard InChI is InChI=1S/C15H19N3O/c1-2-9-18-12(7-8-17-18)10-16-14-11-19-15-6-4-3-5-13(14)15/h3-8,14,16H,2,9-11H2,1H3. The number of hydrogen-bond donors (Lipinski definition) is 1. The molecule has 2 heterocycles. The molecule has 0 radical (unpaired) electrons. The van der Waals surface area contributed by atoms with E-state index in [0.29, 0.717) is 6.61 Å². The highest BCUT2D eigenvalue weighted by Crippen LogP contribution is 2.31. The number of aryl methyl sites for hydroxylation is 1. The highest BCUT2D eigenvalue weighted by Gasteiger charge is 2.23. The summed E-state index contributed by atoms with van der Waals surface area (Å²) < 4.78 is 7.74. The average molecular weight is 257 g/mol. The van der Waals surface area contributed by atoms with E-state index in [2.05, 4.69) is 40.2 Å². The van der Waals surface area contributed by atoms with Crippen molar-refractivity contribution in [1.82, 2.24) is 15.1 Å². The summed E-state index contributed by atoms with van der Waals surface area (Å²) in [5.74, 6) is 1.00. The van der Waals surface area contributed by atoms with Crippen LogP contribution in [-0.4, -0.2) is 16.4 Å². The average Bonchev–Trinajstić information content (AvgIpc) is 3.04. The summed E-state index contributed by atoms with van der Waals surface area (Å²) in [4.78, 5) is 0. The topological polar surface area (TPSA) is 39.1 Å². The number of benzene rings is 1. The monoisotopic (exact) mass is 257 g/mol. The molecule has 19 heavy (non-hydrogen) atoms. The lowest BCUT2D eigenvalue weighted by molar-refractivity contribution is 0.309. The SMILES string of the molecule is CCCn1nccc1CNC1COc2ccccc21. The molecule has 0 fully saturated rings. The van der Waals surface area contributed by atoms with Crippen LogP contribution in [0, 0.1) is 0 Å². The predicted octanol–water partition coefficient (Wildman–Crippen LogP) is 2.52. The van der Waals surface area contributed by atoms with Gasteiger partial charge in [0.05, 0.1) is 11.7 Å². The number of fused-ring (bicyclic) bond motifs is 1. The minimum atomic E-state index is 0.279. The first kappa shape index (κ1) is 12.2. The first-order valence-electron chi connectivity index (χ1n) is 6.84. The molecule has 1 N–H and O–H groups in total. The van der Waals surface area contributed by atoms with Gasteiger partial charge in [-0.25, -0.2) is 0 Å². The van der Waals surface area contributed by atoms with Gasteiger partial charge < -0.3 is 10.1 Å². The summed E-state index contributed by atoms with van der Waals surface area (Å²) in [6.45, 7) is 4.67. The molecule has 4 nitrogen and oxygen atoms in total. The molecule has 2 aromatic rings. The van der Waals surface area contributed by atoms with Crippen LogP contribution in [-0.2, 0) is 13.1 Å². The molecule has 0 spiro atoms. The Labute approximate surface area is 113 Å². The van der Waals surface area contributed by atoms with Gasteiger partial charge in [-0.1, -0.05) is 25.1 Å². The Balaban J connectivity index is 1.66. The van der Waals surface area contributed by atoms with Crippen LogP contribution in [0.2, 0.25) is 0 Å². The number of nitrogens with one attached hydrogen (secondary N) is 1. The van der Waals surface area contributed by atoms with E-state index in [9.17, 15) is 0 Å². The van der Waals surface area contributed by atoms with Gasteiger partial charge in [-0.2, -0.15) is 5.10 Å². The van der Waals surface area contributed by atoms with Crippen LogP contribution in [0.15, 0.2) is 36.5 Å². The third kappa shape index (κ3) is 2.49. The van der Waals surface area contributed by atoms with E-state index in [-0.39, 0.29) is 6.04 Å². The molecule has 0 saturated heterocycles. The molecule has 1 atom stereocenters. The minimum absolute atomic E-state index is 0.279. The van der Waals surface area contributed by atoms with Crippen molar-refractivity contribution >= 4 is 0 Å². The first-order valence-corrected chi connectivity index (χ1v) is 6.84. The van der Waals surface area contributed by atoms with Crippen LogP contribution in [0.1, 0.15) is 30.6 Å². The lowest BCUT2D eigenvalue weighted by atomic mass is 10.1. The number of para-hydroxylation sites is 1. The first-order chi connectivity index (χ1) is 9.38. The Hall–Kier alpha value is -1.81. The molecule has 100 valence electrons. The van der Waals surface area contributed by atoms with Gasteiger partial charge in [-0.15, -0.1) is 0 Å². The Morgan fingerprint density at radius 1 is 1.37 bits per heavy atom. The number of aromatic nitrogens is 2. The van der Waals surface area contributed by atoms with Gasteiger partial charge in [0.2, 0.25) is 0 Å². The Kier molecular flexibility index (Phi) is 3.51. The molecule has 1 unspecified atom stereocenters. The van der Waals surface area contributed by atoms with Gasteiger partial charge in [-0.05, 0) is 18.6 Å². The minimum Gasteiger partial charge on any atom is -0.491 e. The quantitative estimate of drug-likeness (QED) is 0.894. The van der Waals surface area contributed by atoms with Crippen molar-refractivity contribution in [3.8, 4) is 5.75 Å². The van der Waals surface area contributed by atoms with Crippen LogP contribution in [0.25, 0.3) is 0 Å². The zero-order valence-corrected chi connectivity index (χ0v) is 11.2. The zero-order valence-electron chi connectivity index (χ0n) is 11.2. The van der Waals surface area contributed by atoms with E-state index >= 15 is 0 Å². The maximum absolute atomic E-state index is 5.67. The summed E-state index contributed by atoms with van der Waals surface area (Å²) in [6, 6.07) is 10.6. The Morgan fingerprint density at radius 2 is 2.26 bits per heavy atom. The summed E-state index contributed by atoms with van der Waals surface area (Å²) >= 11 is 0. The van der Waals surface area contributed by atoms with E-state index in [1.807, 2.05) is 18.3 Å². The number of rotatable bonds is 5. The van der Waals surface area contributed by atoms with Gasteiger partial charge in [-0.3, -0.25) is 4.68 Å². The molecule has 0 amide bonds. The second-order valence-electron chi connectivity index (χ2n) is 4.83. The third-order valence-corrected chi connectivity index (χ3v) is 3.47. The van der Waals surface area contributed by atoms with E-state index in [1.165, 1.54) is 11.3 Å². The van der Waals surface area contributed by atoms with Gasteiger partial charge in [0.1, 0.15) is 12.4 Å². The fourth-order valence-electron chi connectivity index (χ4n) is 2.48. The maximum atomic E-state index is 5.67. The fraction of sp³-hybridized carbons (Fsp3) is 0.400. The van der Waals surface area contributed by atoms with Gasteiger partial charge in [0.15, 0.2) is 0 Å². The van der Waals surface area contributed by atoms with Gasteiger partial charge in [0.25, 0.3) is 0 Å². The molecule has 0 aliphatic carbocycles. The van der Waals surface area contributed by atoms with E-state index in [4.69, 9.17) is 4.74 Å². The second kappa shape index (κ2) is 5.45. The highest BCUT2D eigenvalue weighted by atomic mass is 16.5. The lowest BCUT2D eigenvalue weighted by Crippen LogP contribution is -2.23. The molecule has 1 aromatic heterocycles. The second-order valence-corrected chi connectivity index (χ2v) is 4.83. The molecular weight excluding hydrogens is 238 g/mol. The van der Waals surface area contributed by atoms with E-state index in [1.54, 1.807) is 0 Å². The molecule has 0 bridgehead atoms. The maximum Gasteiger partial charge on any atom is 0.124 e. The molecule has 1 aliphatic heterocycles. The zero-order chi connectivity index (χ0) is 13.1. The van der Waals surface area contributed by atoms with Crippen molar-refractivity contribution in [2.24, 2.45) is 0 Å². The van der Waals surface area contributed by atoms with Crippen LogP contribution in [0.5, 0.6) is 5.75 Å². The molecule has 4 heteroatoms. The molecule has 1 aromatic carbocycles. The molecule has 1 aliphatic rings. The van der Waals surface area contributed by atoms with Crippen molar-refractivity contribution in [1.29, 1.82) is 0 Å². The third-order valence-electron chi connectivity index (χ3n) is 3.47. The van der Waals surface area contributed by atoms with E-state index < -0.39 is 0 Å². The molecule has 0 saturated carbocycles. The van der Waals surface area contributed by atoms with Gasteiger partial charge >= 0.3 is 0 Å². The summed E-state index contributed by atoms with van der Waals surface area (Å²) in [7, 11) is 0. The Morgan fingerprint density at radius 3 is 3.16 bits per heavy atom. The van der Waals surface area contributed by atoms with Crippen LogP contribution in [0.4, 0.5) is 0 Å². The fourth-order valence-corrected chi connectivity index (χ4v) is 2.48. The normalized spacial score (nSPS) is 17.2. The summed E-state index contributed by atoms with van der Waals surface area (Å²) in [5.41, 5.74) is 2.48.